The normalized spacial score (nSPS) is 12.3. The van der Waals surface area contributed by atoms with Crippen molar-refractivity contribution in [2.24, 2.45) is 0 Å². The van der Waals surface area contributed by atoms with E-state index in [1.165, 1.54) is 50.1 Å². The molecule has 0 aliphatic carbocycles. The van der Waals surface area contributed by atoms with Gasteiger partial charge in [-0.25, -0.2) is 14.4 Å². The second-order valence-electron chi connectivity index (χ2n) is 34.4. The summed E-state index contributed by atoms with van der Waals surface area (Å²) in [5, 5.41) is 0. The Morgan fingerprint density at radius 2 is 0.444 bits per heavy atom. The van der Waals surface area contributed by atoms with Crippen molar-refractivity contribution < 1.29 is 42.8 Å². The van der Waals surface area contributed by atoms with Crippen LogP contribution in [0.15, 0.2) is 109 Å². The topological polar surface area (TPSA) is 107 Å². The highest BCUT2D eigenvalue weighted by Crippen LogP contribution is 2.49. The standard InChI is InChI=1S/C90H114O9/c1-49(2)82(91)97-76-52(7)34-64(35-53(76)8)94-79-70(85(16,17)18)43-61(44-71(79)86(19,20)21)40-67-58(13)68(41-62-45-72(87(22,23)24)80(73(46-62)88(25,26)27)95-65-36-54(9)77(55(10)37-65)98-83(92)50(3)4)60(15)69(59(67)14)42-63-47-74(89(28,29)30)81(75(48-63)90(31,32)33)96-66-38-56(11)78(57(12)39-66)99-84(93)51(5)6/h34-39,43-48H,1,3,5,40-42H2,2,4,6-33H3. The molecule has 0 saturated carbocycles. The second-order valence-corrected chi connectivity index (χ2v) is 34.4. The first-order valence-electron chi connectivity index (χ1n) is 34.9. The molecule has 9 heteroatoms. The molecule has 0 bridgehead atoms. The van der Waals surface area contributed by atoms with E-state index in [4.69, 9.17) is 28.4 Å². The van der Waals surface area contributed by atoms with Gasteiger partial charge in [0.15, 0.2) is 0 Å². The lowest BCUT2D eigenvalue weighted by Crippen LogP contribution is -2.20. The summed E-state index contributed by atoms with van der Waals surface area (Å²) in [4.78, 5) is 38.3. The summed E-state index contributed by atoms with van der Waals surface area (Å²) in [5.41, 5.74) is 21.5. The number of ether oxygens (including phenoxy) is 6. The Morgan fingerprint density at radius 1 is 0.283 bits per heavy atom. The van der Waals surface area contributed by atoms with E-state index in [1.54, 1.807) is 20.8 Å². The third-order valence-corrected chi connectivity index (χ3v) is 18.7. The van der Waals surface area contributed by atoms with Gasteiger partial charge in [-0.2, -0.15) is 0 Å². The average molecular weight is 1340 g/mol. The van der Waals surface area contributed by atoms with E-state index < -0.39 is 17.9 Å². The largest absolute Gasteiger partial charge is 0.457 e. The maximum absolute atomic E-state index is 12.8. The van der Waals surface area contributed by atoms with Crippen LogP contribution in [0.4, 0.5) is 0 Å². The summed E-state index contributed by atoms with van der Waals surface area (Å²) >= 11 is 0. The number of hydrogen-bond donors (Lipinski definition) is 0. The Kier molecular flexibility index (Phi) is 22.6. The highest BCUT2D eigenvalue weighted by atomic mass is 16.5. The maximum atomic E-state index is 12.8. The van der Waals surface area contributed by atoms with E-state index in [2.05, 4.69) is 202 Å². The smallest absolute Gasteiger partial charge is 0.338 e. The summed E-state index contributed by atoms with van der Waals surface area (Å²) in [7, 11) is 0. The van der Waals surface area contributed by atoms with Gasteiger partial charge in [0.2, 0.25) is 0 Å². The molecule has 7 aromatic carbocycles. The van der Waals surface area contributed by atoms with Gasteiger partial charge in [-0.1, -0.05) is 181 Å². The lowest BCUT2D eigenvalue weighted by atomic mass is 9.75. The van der Waals surface area contributed by atoms with Gasteiger partial charge in [-0.05, 0) is 255 Å². The molecule has 0 radical (unpaired) electrons. The molecular weight excluding hydrogens is 1220 g/mol. The molecule has 0 N–H and O–H groups in total. The number of aryl methyl sites for hydroxylation is 6. The molecule has 0 aromatic heterocycles. The molecule has 528 valence electrons. The first-order valence-corrected chi connectivity index (χ1v) is 34.9. The second kappa shape index (κ2) is 28.7. The van der Waals surface area contributed by atoms with Crippen molar-refractivity contribution >= 4 is 17.9 Å². The fourth-order valence-electron chi connectivity index (χ4n) is 13.1. The van der Waals surface area contributed by atoms with E-state index in [0.717, 1.165) is 84.0 Å². The van der Waals surface area contributed by atoms with E-state index in [9.17, 15) is 14.4 Å². The van der Waals surface area contributed by atoms with Crippen molar-refractivity contribution in [1.82, 2.24) is 0 Å². The predicted molar refractivity (Wildman–Crippen MR) is 410 cm³/mol. The minimum atomic E-state index is -0.462. The summed E-state index contributed by atoms with van der Waals surface area (Å²) in [6.45, 7) is 75.6. The Bertz CT molecular complexity index is 3760. The summed E-state index contributed by atoms with van der Waals surface area (Å²) in [6, 6.07) is 25.9. The van der Waals surface area contributed by atoms with Crippen molar-refractivity contribution in [3.05, 3.63) is 226 Å². The van der Waals surface area contributed by atoms with Crippen molar-refractivity contribution in [1.29, 1.82) is 0 Å². The van der Waals surface area contributed by atoms with Crippen molar-refractivity contribution in [3.63, 3.8) is 0 Å². The summed E-state index contributed by atoms with van der Waals surface area (Å²) in [6.07, 6.45) is 2.00. The van der Waals surface area contributed by atoms with Crippen LogP contribution in [0.1, 0.15) is 262 Å². The van der Waals surface area contributed by atoms with Gasteiger partial charge in [-0.3, -0.25) is 0 Å². The molecule has 99 heavy (non-hydrogen) atoms. The minimum absolute atomic E-state index is 0.333. The zero-order valence-electron chi connectivity index (χ0n) is 65.8. The third-order valence-electron chi connectivity index (χ3n) is 18.7. The molecule has 0 heterocycles. The van der Waals surface area contributed by atoms with Gasteiger partial charge in [-0.15, -0.1) is 0 Å². The quantitative estimate of drug-likeness (QED) is 0.0472. The van der Waals surface area contributed by atoms with Crippen LogP contribution >= 0.6 is 0 Å². The molecule has 0 spiro atoms. The van der Waals surface area contributed by atoms with Gasteiger partial charge in [0, 0.05) is 50.1 Å². The molecule has 0 atom stereocenters. The van der Waals surface area contributed by atoms with Crippen LogP contribution in [0.5, 0.6) is 51.7 Å². The van der Waals surface area contributed by atoms with Gasteiger partial charge >= 0.3 is 17.9 Å². The Hall–Kier alpha value is -8.43. The molecule has 7 rings (SSSR count). The predicted octanol–water partition coefficient (Wildman–Crippen LogP) is 23.8. The number of hydrogen-bond acceptors (Lipinski definition) is 9. The summed E-state index contributed by atoms with van der Waals surface area (Å²) in [5.74, 6) is 4.63. The zero-order valence-corrected chi connectivity index (χ0v) is 65.8. The molecule has 0 saturated heterocycles. The fourth-order valence-corrected chi connectivity index (χ4v) is 13.1. The number of esters is 3. The van der Waals surface area contributed by atoms with Crippen LogP contribution in [-0.2, 0) is 66.1 Å². The van der Waals surface area contributed by atoms with Crippen LogP contribution in [0.25, 0.3) is 0 Å². The molecule has 0 aliphatic heterocycles. The monoisotopic (exact) mass is 1340 g/mol. The number of carbonyl (C=O) groups excluding carboxylic acids is 3. The third kappa shape index (κ3) is 18.0. The molecule has 9 nitrogen and oxygen atoms in total. The van der Waals surface area contributed by atoms with Gasteiger partial charge in [0.25, 0.3) is 0 Å². The Balaban J connectivity index is 1.49. The van der Waals surface area contributed by atoms with Crippen LogP contribution < -0.4 is 28.4 Å². The van der Waals surface area contributed by atoms with Crippen LogP contribution in [0.3, 0.4) is 0 Å². The average Bonchev–Trinajstić information content (AvgIpc) is 0.761. The van der Waals surface area contributed by atoms with Crippen LogP contribution in [-0.4, -0.2) is 17.9 Å². The highest BCUT2D eigenvalue weighted by Gasteiger charge is 2.34. The maximum Gasteiger partial charge on any atom is 0.338 e. The SMILES string of the molecule is C=C(C)C(=O)Oc1c(C)cc(Oc2c(C(C)(C)C)cc(Cc3c(C)c(Cc4cc(C(C)(C)C)c(Oc5cc(C)c(OC(=O)C(=C)C)c(C)c5)c(C(C)(C)C)c4)c(C)c(Cc4cc(C(C)(C)C)c(Oc5cc(C)c(OC(=O)C(=C)C)c(C)c5)c(C(C)(C)C)c4)c3C)cc2C(C)(C)C)cc1C. The number of benzene rings is 7. The first kappa shape index (κ1) is 77.9. The highest BCUT2D eigenvalue weighted by molar-refractivity contribution is 5.90. The molecule has 7 aromatic rings. The van der Waals surface area contributed by atoms with Crippen molar-refractivity contribution in [3.8, 4) is 51.7 Å². The Morgan fingerprint density at radius 3 is 0.586 bits per heavy atom. The Labute approximate surface area is 594 Å². The van der Waals surface area contributed by atoms with Gasteiger partial charge < -0.3 is 28.4 Å². The molecule has 0 unspecified atom stereocenters. The van der Waals surface area contributed by atoms with E-state index in [0.29, 0.717) is 70.5 Å². The van der Waals surface area contributed by atoms with Crippen LogP contribution in [0.2, 0.25) is 0 Å². The first-order chi connectivity index (χ1) is 45.3. The number of rotatable bonds is 18. The van der Waals surface area contributed by atoms with E-state index in [-0.39, 0.29) is 32.5 Å². The zero-order chi connectivity index (χ0) is 74.6. The summed E-state index contributed by atoms with van der Waals surface area (Å²) < 4.78 is 39.0. The number of carbonyl (C=O) groups is 3. The minimum Gasteiger partial charge on any atom is -0.457 e. The lowest BCUT2D eigenvalue weighted by molar-refractivity contribution is -0.131. The van der Waals surface area contributed by atoms with Gasteiger partial charge in [0.05, 0.1) is 0 Å². The van der Waals surface area contributed by atoms with E-state index >= 15 is 0 Å². The van der Waals surface area contributed by atoms with Crippen molar-refractivity contribution in [2.45, 2.75) is 259 Å². The molecule has 0 aliphatic rings. The van der Waals surface area contributed by atoms with E-state index in [1.807, 2.05) is 77.9 Å². The van der Waals surface area contributed by atoms with Gasteiger partial charge in [0.1, 0.15) is 51.7 Å². The lowest BCUT2D eigenvalue weighted by Gasteiger charge is -2.32. The van der Waals surface area contributed by atoms with Crippen molar-refractivity contribution in [2.75, 3.05) is 0 Å². The fraction of sp³-hybridized carbons (Fsp3) is 0.433. The molecular formula is C90H114O9. The molecule has 0 amide bonds. The molecule has 0 fully saturated rings. The van der Waals surface area contributed by atoms with Crippen LogP contribution in [0, 0.1) is 62.3 Å².